The van der Waals surface area contributed by atoms with Crippen molar-refractivity contribution in [2.45, 2.75) is 51.2 Å². The number of rotatable bonds is 5. The van der Waals surface area contributed by atoms with Gasteiger partial charge in [-0.05, 0) is 31.2 Å². The van der Waals surface area contributed by atoms with E-state index in [1.807, 2.05) is 24.6 Å². The van der Waals surface area contributed by atoms with Crippen LogP contribution in [0.25, 0.3) is 11.4 Å². The smallest absolute Gasteiger partial charge is 0.230 e. The Hall–Kier alpha value is -1.76. The molecule has 0 spiro atoms. The minimum atomic E-state index is 0.0694. The molecule has 0 aliphatic heterocycles. The number of carbonyl (C=O) groups excluding carboxylic acids is 1. The fourth-order valence-corrected chi connectivity index (χ4v) is 4.18. The summed E-state index contributed by atoms with van der Waals surface area (Å²) in [5, 5.41) is 12.4. The van der Waals surface area contributed by atoms with Gasteiger partial charge in [-0.25, -0.2) is 0 Å². The monoisotopic (exact) mass is 362 g/mol. The third kappa shape index (κ3) is 3.92. The molecule has 3 atom stereocenters. The van der Waals surface area contributed by atoms with Crippen LogP contribution in [-0.4, -0.2) is 32.5 Å². The van der Waals surface area contributed by atoms with E-state index in [9.17, 15) is 4.79 Å². The van der Waals surface area contributed by atoms with Crippen molar-refractivity contribution < 1.29 is 9.21 Å². The predicted octanol–water partition coefficient (Wildman–Crippen LogP) is 3.42. The van der Waals surface area contributed by atoms with Crippen LogP contribution in [0.15, 0.2) is 21.9 Å². The topological polar surface area (TPSA) is 72.9 Å². The van der Waals surface area contributed by atoms with Crippen LogP contribution in [0, 0.1) is 18.8 Å². The Morgan fingerprint density at radius 1 is 1.40 bits per heavy atom. The first-order chi connectivity index (χ1) is 12.0. The van der Waals surface area contributed by atoms with Gasteiger partial charge in [0.15, 0.2) is 11.0 Å². The van der Waals surface area contributed by atoms with Crippen LogP contribution in [0.2, 0.25) is 0 Å². The molecule has 7 heteroatoms. The molecule has 0 bridgehead atoms. The Bertz CT molecular complexity index is 739. The fourth-order valence-electron chi connectivity index (χ4n) is 3.46. The first kappa shape index (κ1) is 18.0. The Kier molecular flexibility index (Phi) is 5.51. The van der Waals surface area contributed by atoms with Crippen molar-refractivity contribution in [3.63, 3.8) is 0 Å². The Morgan fingerprint density at radius 3 is 2.92 bits per heavy atom. The zero-order valence-corrected chi connectivity index (χ0v) is 16.1. The van der Waals surface area contributed by atoms with Crippen molar-refractivity contribution in [1.82, 2.24) is 20.1 Å². The van der Waals surface area contributed by atoms with E-state index >= 15 is 0 Å². The van der Waals surface area contributed by atoms with Gasteiger partial charge in [0.25, 0.3) is 0 Å². The van der Waals surface area contributed by atoms with Gasteiger partial charge in [-0.1, -0.05) is 38.5 Å². The molecular formula is C18H26N4O2S. The summed E-state index contributed by atoms with van der Waals surface area (Å²) in [4.78, 5) is 12.3. The van der Waals surface area contributed by atoms with Gasteiger partial charge in [-0.3, -0.25) is 4.79 Å². The molecule has 25 heavy (non-hydrogen) atoms. The van der Waals surface area contributed by atoms with Crippen molar-refractivity contribution in [3.8, 4) is 11.4 Å². The highest BCUT2D eigenvalue weighted by atomic mass is 32.2. The molecule has 1 fully saturated rings. The molecule has 2 aromatic rings. The standard InChI is InChI=1S/C18H26N4O2S/c1-11-6-5-7-15(12(11)2)19-16(23)10-25-18-21-20-17(22(18)4)14-8-9-24-13(14)3/h8-9,11-12,15H,5-7,10H2,1-4H3,(H,19,23)/t11-,12+,15+/m0/s1. The number of thioether (sulfide) groups is 1. The number of hydrogen-bond donors (Lipinski definition) is 1. The van der Waals surface area contributed by atoms with Gasteiger partial charge in [-0.2, -0.15) is 0 Å². The molecule has 1 aliphatic carbocycles. The van der Waals surface area contributed by atoms with Crippen LogP contribution < -0.4 is 5.32 Å². The molecule has 1 saturated carbocycles. The number of nitrogens with one attached hydrogen (secondary N) is 1. The number of amides is 1. The van der Waals surface area contributed by atoms with Crippen molar-refractivity contribution in [2.24, 2.45) is 18.9 Å². The molecular weight excluding hydrogens is 336 g/mol. The van der Waals surface area contributed by atoms with Crippen molar-refractivity contribution in [2.75, 3.05) is 5.75 Å². The third-order valence-corrected chi connectivity index (χ3v) is 6.34. The van der Waals surface area contributed by atoms with E-state index in [2.05, 4.69) is 29.4 Å². The first-order valence-corrected chi connectivity index (χ1v) is 9.82. The van der Waals surface area contributed by atoms with Gasteiger partial charge in [0.2, 0.25) is 5.91 Å². The second-order valence-electron chi connectivity index (χ2n) is 6.99. The molecule has 1 N–H and O–H groups in total. The van der Waals surface area contributed by atoms with Gasteiger partial charge in [0.1, 0.15) is 5.76 Å². The van der Waals surface area contributed by atoms with Crippen LogP contribution in [0.3, 0.4) is 0 Å². The average molecular weight is 362 g/mol. The number of aromatic nitrogens is 3. The Balaban J connectivity index is 1.58. The highest BCUT2D eigenvalue weighted by Gasteiger charge is 2.28. The van der Waals surface area contributed by atoms with Crippen LogP contribution in [0.5, 0.6) is 0 Å². The first-order valence-electron chi connectivity index (χ1n) is 8.83. The summed E-state index contributed by atoms with van der Waals surface area (Å²) in [5.41, 5.74) is 0.927. The lowest BCUT2D eigenvalue weighted by atomic mass is 9.78. The molecule has 0 radical (unpaired) electrons. The summed E-state index contributed by atoms with van der Waals surface area (Å²) in [6.45, 7) is 6.41. The van der Waals surface area contributed by atoms with Gasteiger partial charge >= 0.3 is 0 Å². The van der Waals surface area contributed by atoms with Crippen LogP contribution in [0.1, 0.15) is 38.9 Å². The molecule has 2 heterocycles. The molecule has 2 aromatic heterocycles. The summed E-state index contributed by atoms with van der Waals surface area (Å²) in [6.07, 6.45) is 5.18. The average Bonchev–Trinajstić information content (AvgIpc) is 3.15. The zero-order valence-electron chi connectivity index (χ0n) is 15.3. The number of hydrogen-bond acceptors (Lipinski definition) is 5. The number of carbonyl (C=O) groups is 1. The van der Waals surface area contributed by atoms with Gasteiger partial charge in [0, 0.05) is 13.1 Å². The van der Waals surface area contributed by atoms with Crippen LogP contribution in [-0.2, 0) is 11.8 Å². The van der Waals surface area contributed by atoms with Gasteiger partial charge < -0.3 is 14.3 Å². The van der Waals surface area contributed by atoms with E-state index in [0.717, 1.165) is 28.7 Å². The normalized spacial score (nSPS) is 23.6. The highest BCUT2D eigenvalue weighted by Crippen LogP contribution is 2.30. The molecule has 136 valence electrons. The van der Waals surface area contributed by atoms with E-state index in [1.54, 1.807) is 6.26 Å². The lowest BCUT2D eigenvalue weighted by molar-refractivity contribution is -0.120. The summed E-state index contributed by atoms with van der Waals surface area (Å²) >= 11 is 1.42. The molecule has 0 saturated heterocycles. The second kappa shape index (κ2) is 7.64. The molecule has 1 amide bonds. The maximum atomic E-state index is 12.3. The maximum Gasteiger partial charge on any atom is 0.230 e. The van der Waals surface area contributed by atoms with Crippen LogP contribution >= 0.6 is 11.8 Å². The lowest BCUT2D eigenvalue weighted by Gasteiger charge is -2.34. The van der Waals surface area contributed by atoms with E-state index in [1.165, 1.54) is 24.6 Å². The summed E-state index contributed by atoms with van der Waals surface area (Å²) in [6, 6.07) is 2.17. The Labute approximate surface area is 152 Å². The minimum Gasteiger partial charge on any atom is -0.469 e. The van der Waals surface area contributed by atoms with Gasteiger partial charge in [0.05, 0.1) is 17.6 Å². The molecule has 0 unspecified atom stereocenters. The fraction of sp³-hybridized carbons (Fsp3) is 0.611. The van der Waals surface area contributed by atoms with Crippen molar-refractivity contribution in [3.05, 3.63) is 18.1 Å². The summed E-state index contributed by atoms with van der Waals surface area (Å²) in [7, 11) is 1.91. The lowest BCUT2D eigenvalue weighted by Crippen LogP contribution is -2.44. The zero-order chi connectivity index (χ0) is 18.0. The summed E-state index contributed by atoms with van der Waals surface area (Å²) < 4.78 is 7.24. The van der Waals surface area contributed by atoms with Crippen LogP contribution in [0.4, 0.5) is 0 Å². The van der Waals surface area contributed by atoms with Crippen molar-refractivity contribution in [1.29, 1.82) is 0 Å². The molecule has 1 aliphatic rings. The van der Waals surface area contributed by atoms with E-state index < -0.39 is 0 Å². The maximum absolute atomic E-state index is 12.3. The molecule has 3 rings (SSSR count). The van der Waals surface area contributed by atoms with E-state index in [0.29, 0.717) is 23.6 Å². The number of furan rings is 1. The number of aryl methyl sites for hydroxylation is 1. The predicted molar refractivity (Wildman–Crippen MR) is 98.3 cm³/mol. The van der Waals surface area contributed by atoms with E-state index in [4.69, 9.17) is 4.42 Å². The van der Waals surface area contributed by atoms with Crippen molar-refractivity contribution >= 4 is 17.7 Å². The molecule has 6 nitrogen and oxygen atoms in total. The SMILES string of the molecule is Cc1occc1-c1nnc(SCC(=O)N[C@@H]2CCC[C@H](C)[C@H]2C)n1C. The largest absolute Gasteiger partial charge is 0.469 e. The van der Waals surface area contributed by atoms with Gasteiger partial charge in [-0.15, -0.1) is 10.2 Å². The highest BCUT2D eigenvalue weighted by molar-refractivity contribution is 7.99. The third-order valence-electron chi connectivity index (χ3n) is 5.32. The summed E-state index contributed by atoms with van der Waals surface area (Å²) in [5.74, 6) is 3.20. The minimum absolute atomic E-state index is 0.0694. The second-order valence-corrected chi connectivity index (χ2v) is 7.93. The Morgan fingerprint density at radius 2 is 2.20 bits per heavy atom. The quantitative estimate of drug-likeness (QED) is 0.825. The molecule has 0 aromatic carbocycles. The van der Waals surface area contributed by atoms with E-state index in [-0.39, 0.29) is 5.91 Å². The number of nitrogens with zero attached hydrogens (tertiary/aromatic N) is 3.